The molecular weight excluding hydrogens is 356 g/mol. The van der Waals surface area contributed by atoms with Crippen LogP contribution in [0.3, 0.4) is 0 Å². The third-order valence-corrected chi connectivity index (χ3v) is 4.00. The number of halogens is 1. The summed E-state index contributed by atoms with van der Waals surface area (Å²) in [4.78, 5) is 26.5. The molecule has 0 aliphatic heterocycles. The minimum atomic E-state index is -0.239. The van der Waals surface area contributed by atoms with E-state index in [-0.39, 0.29) is 11.8 Å². The van der Waals surface area contributed by atoms with Gasteiger partial charge in [-0.3, -0.25) is 9.59 Å². The summed E-state index contributed by atoms with van der Waals surface area (Å²) in [5.41, 5.74) is 1.68. The van der Waals surface area contributed by atoms with Crippen molar-refractivity contribution in [3.8, 4) is 0 Å². The Kier molecular flexibility index (Phi) is 5.93. The van der Waals surface area contributed by atoms with Gasteiger partial charge in [0, 0.05) is 34.4 Å². The van der Waals surface area contributed by atoms with E-state index in [1.165, 1.54) is 0 Å². The van der Waals surface area contributed by atoms with E-state index < -0.39 is 0 Å². The standard InChI is InChI=1S/C18H19BrN2O2/c1-3-21(4-2)18(23)14-8-5-7-13(11-14)17(22)20-16-10-6-9-15(19)12-16/h5-12H,3-4H2,1-2H3,(H,20,22). The molecule has 2 aromatic carbocycles. The van der Waals surface area contributed by atoms with E-state index in [1.54, 1.807) is 29.2 Å². The molecule has 2 amide bonds. The van der Waals surface area contributed by atoms with Gasteiger partial charge < -0.3 is 10.2 Å². The van der Waals surface area contributed by atoms with Crippen molar-refractivity contribution in [2.24, 2.45) is 0 Å². The Hall–Kier alpha value is -2.14. The Labute approximate surface area is 144 Å². The van der Waals surface area contributed by atoms with Gasteiger partial charge in [0.15, 0.2) is 0 Å². The maximum absolute atomic E-state index is 12.4. The molecule has 23 heavy (non-hydrogen) atoms. The monoisotopic (exact) mass is 374 g/mol. The van der Waals surface area contributed by atoms with Crippen LogP contribution in [0.15, 0.2) is 53.0 Å². The van der Waals surface area contributed by atoms with Crippen LogP contribution in [0.1, 0.15) is 34.6 Å². The summed E-state index contributed by atoms with van der Waals surface area (Å²) in [6.45, 7) is 5.16. The molecule has 0 fully saturated rings. The molecule has 0 atom stereocenters. The first-order valence-corrected chi connectivity index (χ1v) is 8.30. The minimum absolute atomic E-state index is 0.0629. The first kappa shape index (κ1) is 17.2. The predicted octanol–water partition coefficient (Wildman–Crippen LogP) is 4.18. The molecule has 0 heterocycles. The molecular formula is C18H19BrN2O2. The van der Waals surface area contributed by atoms with Crippen LogP contribution >= 0.6 is 15.9 Å². The molecule has 2 aromatic rings. The Morgan fingerprint density at radius 1 is 1.00 bits per heavy atom. The lowest BCUT2D eigenvalue weighted by atomic mass is 10.1. The van der Waals surface area contributed by atoms with Crippen LogP contribution in [0, 0.1) is 0 Å². The highest BCUT2D eigenvalue weighted by molar-refractivity contribution is 9.10. The Bertz CT molecular complexity index is 712. The number of hydrogen-bond donors (Lipinski definition) is 1. The maximum Gasteiger partial charge on any atom is 0.255 e. The van der Waals surface area contributed by atoms with Crippen LogP contribution in [0.5, 0.6) is 0 Å². The lowest BCUT2D eigenvalue weighted by molar-refractivity contribution is 0.0773. The number of nitrogens with zero attached hydrogens (tertiary/aromatic N) is 1. The van der Waals surface area contributed by atoms with E-state index in [9.17, 15) is 9.59 Å². The second-order valence-corrected chi connectivity index (χ2v) is 5.94. The van der Waals surface area contributed by atoms with Gasteiger partial charge in [-0.2, -0.15) is 0 Å². The maximum atomic E-state index is 12.4. The van der Waals surface area contributed by atoms with Gasteiger partial charge >= 0.3 is 0 Å². The average Bonchev–Trinajstić information content (AvgIpc) is 2.56. The highest BCUT2D eigenvalue weighted by Crippen LogP contribution is 2.17. The summed E-state index contributed by atoms with van der Waals surface area (Å²) in [6, 6.07) is 14.2. The zero-order valence-corrected chi connectivity index (χ0v) is 14.8. The van der Waals surface area contributed by atoms with Crippen LogP contribution in [-0.4, -0.2) is 29.8 Å². The van der Waals surface area contributed by atoms with E-state index in [0.29, 0.717) is 29.9 Å². The topological polar surface area (TPSA) is 49.4 Å². The van der Waals surface area contributed by atoms with Gasteiger partial charge in [0.05, 0.1) is 0 Å². The molecule has 5 heteroatoms. The summed E-state index contributed by atoms with van der Waals surface area (Å²) in [5, 5.41) is 2.83. The van der Waals surface area contributed by atoms with Gasteiger partial charge in [-0.1, -0.05) is 28.1 Å². The highest BCUT2D eigenvalue weighted by Gasteiger charge is 2.14. The first-order valence-electron chi connectivity index (χ1n) is 7.51. The second-order valence-electron chi connectivity index (χ2n) is 5.02. The Morgan fingerprint density at radius 2 is 1.65 bits per heavy atom. The number of amides is 2. The van der Waals surface area contributed by atoms with Crippen molar-refractivity contribution in [1.82, 2.24) is 4.90 Å². The summed E-state index contributed by atoms with van der Waals surface area (Å²) in [7, 11) is 0. The lowest BCUT2D eigenvalue weighted by Gasteiger charge is -2.18. The largest absolute Gasteiger partial charge is 0.339 e. The molecule has 4 nitrogen and oxygen atoms in total. The molecule has 120 valence electrons. The molecule has 0 radical (unpaired) electrons. The van der Waals surface area contributed by atoms with Crippen LogP contribution < -0.4 is 5.32 Å². The number of rotatable bonds is 5. The second kappa shape index (κ2) is 7.92. The predicted molar refractivity (Wildman–Crippen MR) is 95.8 cm³/mol. The number of hydrogen-bond acceptors (Lipinski definition) is 2. The van der Waals surface area contributed by atoms with Crippen LogP contribution in [0.2, 0.25) is 0 Å². The normalized spacial score (nSPS) is 10.2. The summed E-state index contributed by atoms with van der Waals surface area (Å²) < 4.78 is 0.890. The van der Waals surface area contributed by atoms with Crippen molar-refractivity contribution in [3.63, 3.8) is 0 Å². The molecule has 0 saturated carbocycles. The molecule has 0 bridgehead atoms. The number of anilines is 1. The molecule has 0 aliphatic rings. The summed E-state index contributed by atoms with van der Waals surface area (Å²) in [6.07, 6.45) is 0. The molecule has 0 saturated heterocycles. The van der Waals surface area contributed by atoms with Gasteiger partial charge in [-0.25, -0.2) is 0 Å². The van der Waals surface area contributed by atoms with E-state index in [0.717, 1.165) is 4.47 Å². The molecule has 0 unspecified atom stereocenters. The van der Waals surface area contributed by atoms with Crippen LogP contribution in [0.25, 0.3) is 0 Å². The van der Waals surface area contributed by atoms with Gasteiger partial charge in [-0.15, -0.1) is 0 Å². The quantitative estimate of drug-likeness (QED) is 0.852. The van der Waals surface area contributed by atoms with Crippen molar-refractivity contribution >= 4 is 33.4 Å². The molecule has 2 rings (SSSR count). The fraction of sp³-hybridized carbons (Fsp3) is 0.222. The third kappa shape index (κ3) is 4.42. The van der Waals surface area contributed by atoms with Crippen LogP contribution in [-0.2, 0) is 0 Å². The fourth-order valence-electron chi connectivity index (χ4n) is 2.26. The smallest absolute Gasteiger partial charge is 0.255 e. The van der Waals surface area contributed by atoms with E-state index >= 15 is 0 Å². The molecule has 0 aliphatic carbocycles. The van der Waals surface area contributed by atoms with Crippen molar-refractivity contribution in [1.29, 1.82) is 0 Å². The van der Waals surface area contributed by atoms with E-state index in [4.69, 9.17) is 0 Å². The zero-order valence-electron chi connectivity index (χ0n) is 13.2. The first-order chi connectivity index (χ1) is 11.0. The molecule has 0 aromatic heterocycles. The highest BCUT2D eigenvalue weighted by atomic mass is 79.9. The Morgan fingerprint density at radius 3 is 2.30 bits per heavy atom. The van der Waals surface area contributed by atoms with Gasteiger partial charge in [0.1, 0.15) is 0 Å². The number of carbonyl (C=O) groups excluding carboxylic acids is 2. The van der Waals surface area contributed by atoms with Crippen molar-refractivity contribution in [2.75, 3.05) is 18.4 Å². The third-order valence-electron chi connectivity index (χ3n) is 3.50. The SMILES string of the molecule is CCN(CC)C(=O)c1cccc(C(=O)Nc2cccc(Br)c2)c1. The number of nitrogens with one attached hydrogen (secondary N) is 1. The number of benzene rings is 2. The fourth-order valence-corrected chi connectivity index (χ4v) is 2.66. The summed E-state index contributed by atoms with van der Waals surface area (Å²) >= 11 is 3.37. The molecule has 0 spiro atoms. The van der Waals surface area contributed by atoms with Crippen molar-refractivity contribution in [3.05, 3.63) is 64.1 Å². The van der Waals surface area contributed by atoms with Gasteiger partial charge in [0.2, 0.25) is 0 Å². The van der Waals surface area contributed by atoms with Gasteiger partial charge in [-0.05, 0) is 50.2 Å². The minimum Gasteiger partial charge on any atom is -0.339 e. The average molecular weight is 375 g/mol. The zero-order chi connectivity index (χ0) is 16.8. The molecule has 1 N–H and O–H groups in total. The van der Waals surface area contributed by atoms with E-state index in [2.05, 4.69) is 21.2 Å². The Balaban J connectivity index is 2.19. The van der Waals surface area contributed by atoms with Gasteiger partial charge in [0.25, 0.3) is 11.8 Å². The van der Waals surface area contributed by atoms with Crippen LogP contribution in [0.4, 0.5) is 5.69 Å². The van der Waals surface area contributed by atoms with Crippen molar-refractivity contribution in [2.45, 2.75) is 13.8 Å². The summed E-state index contributed by atoms with van der Waals surface area (Å²) in [5.74, 6) is -0.301. The van der Waals surface area contributed by atoms with E-state index in [1.807, 2.05) is 38.1 Å². The lowest BCUT2D eigenvalue weighted by Crippen LogP contribution is -2.30. The number of carbonyl (C=O) groups is 2. The van der Waals surface area contributed by atoms with Crippen molar-refractivity contribution < 1.29 is 9.59 Å².